The Kier molecular flexibility index (Phi) is 7.15. The van der Waals surface area contributed by atoms with Crippen LogP contribution in [0.2, 0.25) is 0 Å². The average molecular weight is 493 g/mol. The molecule has 0 saturated carbocycles. The number of rotatable bonds is 4. The molecule has 2 amide bonds. The highest BCUT2D eigenvalue weighted by atomic mass is 19.1. The van der Waals surface area contributed by atoms with Gasteiger partial charge in [0.25, 0.3) is 5.91 Å². The summed E-state index contributed by atoms with van der Waals surface area (Å²) in [6.45, 7) is 10.6. The molecule has 2 heterocycles. The van der Waals surface area contributed by atoms with Gasteiger partial charge in [-0.25, -0.2) is 13.9 Å². The highest BCUT2D eigenvalue weighted by Gasteiger charge is 2.32. The molecule has 8 heteroatoms. The molecule has 0 radical (unpaired) electrons. The minimum atomic E-state index is -0.561. The van der Waals surface area contributed by atoms with Crippen molar-refractivity contribution >= 4 is 17.7 Å². The maximum Gasteiger partial charge on any atom is 0.410 e. The van der Waals surface area contributed by atoms with Gasteiger partial charge in [-0.05, 0) is 95.0 Å². The van der Waals surface area contributed by atoms with Gasteiger partial charge in [0.1, 0.15) is 11.4 Å². The topological polar surface area (TPSA) is 76.5 Å². The first kappa shape index (κ1) is 25.4. The number of halogens is 1. The molecular formula is C28H33FN4O3. The van der Waals surface area contributed by atoms with Crippen molar-refractivity contribution in [2.45, 2.75) is 59.0 Å². The number of likely N-dealkylation sites (tertiary alicyclic amines) is 1. The molecule has 0 spiro atoms. The number of piperidine rings is 1. The fourth-order valence-corrected chi connectivity index (χ4v) is 4.39. The van der Waals surface area contributed by atoms with Gasteiger partial charge in [-0.1, -0.05) is 6.07 Å². The van der Waals surface area contributed by atoms with Gasteiger partial charge in [0.05, 0.1) is 23.1 Å². The third-order valence-electron chi connectivity index (χ3n) is 6.42. The lowest BCUT2D eigenvalue weighted by molar-refractivity contribution is 0.0203. The van der Waals surface area contributed by atoms with E-state index in [1.165, 1.54) is 12.1 Å². The van der Waals surface area contributed by atoms with Crippen LogP contribution < -0.4 is 5.32 Å². The van der Waals surface area contributed by atoms with E-state index in [9.17, 15) is 14.0 Å². The van der Waals surface area contributed by atoms with Gasteiger partial charge in [0.2, 0.25) is 0 Å². The van der Waals surface area contributed by atoms with Gasteiger partial charge in [0, 0.05) is 24.7 Å². The third kappa shape index (κ3) is 5.75. The SMILES string of the molecule is Cc1ccc(NC(=O)c2cnn(-c3ccc(F)cc3)c2C2CCN(C(=O)OC(C)(C)C)CC2)cc1C. The molecule has 1 aliphatic rings. The van der Waals surface area contributed by atoms with Crippen LogP contribution in [0.1, 0.15) is 66.7 Å². The van der Waals surface area contributed by atoms with Crippen LogP contribution in [0, 0.1) is 19.7 Å². The van der Waals surface area contributed by atoms with E-state index in [4.69, 9.17) is 4.74 Å². The van der Waals surface area contributed by atoms with E-state index >= 15 is 0 Å². The normalized spacial score (nSPS) is 14.6. The third-order valence-corrected chi connectivity index (χ3v) is 6.42. The predicted octanol–water partition coefficient (Wildman–Crippen LogP) is 6.00. The van der Waals surface area contributed by atoms with E-state index in [0.717, 1.165) is 16.8 Å². The van der Waals surface area contributed by atoms with Crippen LogP contribution in [-0.2, 0) is 4.74 Å². The van der Waals surface area contributed by atoms with Crippen LogP contribution in [0.5, 0.6) is 0 Å². The van der Waals surface area contributed by atoms with Crippen molar-refractivity contribution in [1.29, 1.82) is 0 Å². The molecule has 190 valence electrons. The number of anilines is 1. The molecule has 1 fully saturated rings. The molecular weight excluding hydrogens is 459 g/mol. The summed E-state index contributed by atoms with van der Waals surface area (Å²) < 4.78 is 20.8. The molecule has 4 rings (SSSR count). The van der Waals surface area contributed by atoms with E-state index in [1.54, 1.807) is 27.9 Å². The van der Waals surface area contributed by atoms with Gasteiger partial charge in [-0.15, -0.1) is 0 Å². The Hall–Kier alpha value is -3.68. The van der Waals surface area contributed by atoms with Gasteiger partial charge in [-0.2, -0.15) is 5.10 Å². The summed E-state index contributed by atoms with van der Waals surface area (Å²) in [7, 11) is 0. The molecule has 0 aliphatic carbocycles. The average Bonchev–Trinajstić information content (AvgIpc) is 3.26. The molecule has 1 aliphatic heterocycles. The summed E-state index contributed by atoms with van der Waals surface area (Å²) in [6, 6.07) is 11.8. The molecule has 1 saturated heterocycles. The van der Waals surface area contributed by atoms with Gasteiger partial charge in [0.15, 0.2) is 0 Å². The highest BCUT2D eigenvalue weighted by molar-refractivity contribution is 6.05. The summed E-state index contributed by atoms with van der Waals surface area (Å²) >= 11 is 0. The second kappa shape index (κ2) is 10.1. The zero-order valence-electron chi connectivity index (χ0n) is 21.5. The molecule has 7 nitrogen and oxygen atoms in total. The Morgan fingerprint density at radius 1 is 1.03 bits per heavy atom. The Bertz CT molecular complexity index is 1250. The quantitative estimate of drug-likeness (QED) is 0.485. The van der Waals surface area contributed by atoms with E-state index < -0.39 is 5.60 Å². The minimum absolute atomic E-state index is 0.0169. The fourth-order valence-electron chi connectivity index (χ4n) is 4.39. The number of hydrogen-bond acceptors (Lipinski definition) is 4. The first-order chi connectivity index (χ1) is 17.0. The van der Waals surface area contributed by atoms with Crippen LogP contribution in [-0.4, -0.2) is 45.4 Å². The zero-order chi connectivity index (χ0) is 26.0. The standard InChI is InChI=1S/C28H33FN4O3/c1-18-6-9-22(16-19(18)2)31-26(34)24-17-30-33(23-10-7-21(29)8-11-23)25(24)20-12-14-32(15-13-20)27(35)36-28(3,4)5/h6-11,16-17,20H,12-15H2,1-5H3,(H,31,34). The number of hydrogen-bond donors (Lipinski definition) is 1. The van der Waals surface area contributed by atoms with Gasteiger partial charge >= 0.3 is 6.09 Å². The summed E-state index contributed by atoms with van der Waals surface area (Å²) in [5, 5.41) is 7.51. The zero-order valence-corrected chi connectivity index (χ0v) is 21.5. The number of nitrogens with one attached hydrogen (secondary N) is 1. The maximum atomic E-state index is 13.6. The van der Waals surface area contributed by atoms with Crippen LogP contribution >= 0.6 is 0 Å². The monoisotopic (exact) mass is 492 g/mol. The molecule has 0 atom stereocenters. The predicted molar refractivity (Wildman–Crippen MR) is 137 cm³/mol. The number of nitrogens with zero attached hydrogens (tertiary/aromatic N) is 3. The van der Waals surface area contributed by atoms with Crippen molar-refractivity contribution in [2.24, 2.45) is 0 Å². The van der Waals surface area contributed by atoms with Crippen molar-refractivity contribution < 1.29 is 18.7 Å². The Morgan fingerprint density at radius 2 is 1.69 bits per heavy atom. The number of amides is 2. The number of ether oxygens (including phenoxy) is 1. The second-order valence-corrected chi connectivity index (χ2v) is 10.3. The summed E-state index contributed by atoms with van der Waals surface area (Å²) in [4.78, 5) is 27.6. The van der Waals surface area contributed by atoms with Gasteiger partial charge < -0.3 is 15.0 Å². The van der Waals surface area contributed by atoms with Crippen LogP contribution in [0.25, 0.3) is 5.69 Å². The minimum Gasteiger partial charge on any atom is -0.444 e. The molecule has 1 N–H and O–H groups in total. The molecule has 3 aromatic rings. The first-order valence-electron chi connectivity index (χ1n) is 12.2. The molecule has 36 heavy (non-hydrogen) atoms. The molecule has 2 aromatic carbocycles. The lowest BCUT2D eigenvalue weighted by Crippen LogP contribution is -2.41. The summed E-state index contributed by atoms with van der Waals surface area (Å²) in [5.41, 5.74) is 4.28. The fraction of sp³-hybridized carbons (Fsp3) is 0.393. The van der Waals surface area contributed by atoms with Crippen LogP contribution in [0.4, 0.5) is 14.9 Å². The van der Waals surface area contributed by atoms with E-state index in [1.807, 2.05) is 52.8 Å². The van der Waals surface area contributed by atoms with E-state index in [2.05, 4.69) is 10.4 Å². The number of aryl methyl sites for hydroxylation is 2. The largest absolute Gasteiger partial charge is 0.444 e. The number of carbonyl (C=O) groups excluding carboxylic acids is 2. The Morgan fingerprint density at radius 3 is 2.31 bits per heavy atom. The Balaban J connectivity index is 1.61. The highest BCUT2D eigenvalue weighted by Crippen LogP contribution is 2.33. The van der Waals surface area contributed by atoms with Gasteiger partial charge in [-0.3, -0.25) is 4.79 Å². The van der Waals surface area contributed by atoms with Crippen molar-refractivity contribution in [3.8, 4) is 5.69 Å². The molecule has 0 bridgehead atoms. The number of aromatic nitrogens is 2. The van der Waals surface area contributed by atoms with E-state index in [0.29, 0.717) is 42.9 Å². The van der Waals surface area contributed by atoms with Crippen LogP contribution in [0.3, 0.4) is 0 Å². The van der Waals surface area contributed by atoms with Crippen molar-refractivity contribution in [2.75, 3.05) is 18.4 Å². The lowest BCUT2D eigenvalue weighted by atomic mass is 9.90. The van der Waals surface area contributed by atoms with Crippen molar-refractivity contribution in [1.82, 2.24) is 14.7 Å². The smallest absolute Gasteiger partial charge is 0.410 e. The second-order valence-electron chi connectivity index (χ2n) is 10.3. The summed E-state index contributed by atoms with van der Waals surface area (Å²) in [6.07, 6.45) is 2.53. The van der Waals surface area contributed by atoms with E-state index in [-0.39, 0.29) is 23.7 Å². The van der Waals surface area contributed by atoms with Crippen LogP contribution in [0.15, 0.2) is 48.7 Å². The number of carbonyl (C=O) groups is 2. The Labute approximate surface area is 211 Å². The molecule has 1 aromatic heterocycles. The first-order valence-corrected chi connectivity index (χ1v) is 12.2. The van der Waals surface area contributed by atoms with Crippen molar-refractivity contribution in [3.05, 3.63) is 76.9 Å². The summed E-state index contributed by atoms with van der Waals surface area (Å²) in [5.74, 6) is -0.612. The van der Waals surface area contributed by atoms with Crippen molar-refractivity contribution in [3.63, 3.8) is 0 Å². The molecule has 0 unspecified atom stereocenters. The maximum absolute atomic E-state index is 13.6. The number of benzene rings is 2. The lowest BCUT2D eigenvalue weighted by Gasteiger charge is -2.34.